The Kier molecular flexibility index (Phi) is 5.54. The van der Waals surface area contributed by atoms with Crippen molar-refractivity contribution in [2.75, 3.05) is 18.6 Å². The zero-order valence-corrected chi connectivity index (χ0v) is 16.1. The molecule has 0 spiro atoms. The molecule has 25 heavy (non-hydrogen) atoms. The lowest BCUT2D eigenvalue weighted by Gasteiger charge is -2.38. The number of ether oxygens (including phenoxy) is 1. The van der Waals surface area contributed by atoms with Gasteiger partial charge in [-0.25, -0.2) is 9.79 Å². The van der Waals surface area contributed by atoms with Gasteiger partial charge >= 0.3 is 5.97 Å². The molecule has 0 radical (unpaired) electrons. The first-order valence-electron chi connectivity index (χ1n) is 8.12. The Morgan fingerprint density at radius 2 is 2.12 bits per heavy atom. The highest BCUT2D eigenvalue weighted by Gasteiger charge is 2.41. The highest BCUT2D eigenvalue weighted by atomic mass is 32.2. The quantitative estimate of drug-likeness (QED) is 0.593. The molecule has 0 unspecified atom stereocenters. The second-order valence-corrected chi connectivity index (χ2v) is 7.59. The molecule has 7 heteroatoms. The van der Waals surface area contributed by atoms with Crippen molar-refractivity contribution in [1.29, 1.82) is 0 Å². The molecule has 0 N–H and O–H groups in total. The van der Waals surface area contributed by atoms with E-state index in [2.05, 4.69) is 4.99 Å². The predicted octanol–water partition coefficient (Wildman–Crippen LogP) is 3.62. The predicted molar refractivity (Wildman–Crippen MR) is 102 cm³/mol. The Balaban J connectivity index is 2.11. The van der Waals surface area contributed by atoms with E-state index >= 15 is 0 Å². The third-order valence-electron chi connectivity index (χ3n) is 4.13. The highest BCUT2D eigenvalue weighted by molar-refractivity contribution is 8.14. The Labute approximate surface area is 155 Å². The van der Waals surface area contributed by atoms with Crippen LogP contribution >= 0.6 is 23.5 Å². The van der Waals surface area contributed by atoms with Crippen LogP contribution in [0.2, 0.25) is 0 Å². The lowest BCUT2D eigenvalue weighted by molar-refractivity contribution is -0.139. The Bertz CT molecular complexity index is 756. The summed E-state index contributed by atoms with van der Waals surface area (Å²) in [7, 11) is 0. The zero-order chi connectivity index (χ0) is 18.0. The van der Waals surface area contributed by atoms with Gasteiger partial charge in [0.05, 0.1) is 23.9 Å². The smallest absolute Gasteiger partial charge is 0.338 e. The van der Waals surface area contributed by atoms with Gasteiger partial charge in [-0.2, -0.15) is 0 Å². The molecule has 1 aromatic rings. The van der Waals surface area contributed by atoms with E-state index < -0.39 is 12.0 Å². The third kappa shape index (κ3) is 3.48. The first-order valence-corrected chi connectivity index (χ1v) is 10.3. The van der Waals surface area contributed by atoms with Crippen molar-refractivity contribution in [2.45, 2.75) is 31.2 Å². The molecule has 0 aromatic heterocycles. The van der Waals surface area contributed by atoms with Gasteiger partial charge in [-0.3, -0.25) is 9.69 Å². The first kappa shape index (κ1) is 18.1. The highest BCUT2D eigenvalue weighted by Crippen LogP contribution is 2.40. The fourth-order valence-corrected chi connectivity index (χ4v) is 4.38. The maximum absolute atomic E-state index is 12.6. The van der Waals surface area contributed by atoms with E-state index in [-0.39, 0.29) is 12.5 Å². The van der Waals surface area contributed by atoms with E-state index in [0.29, 0.717) is 28.6 Å². The average molecular weight is 377 g/mol. The van der Waals surface area contributed by atoms with E-state index in [1.807, 2.05) is 30.5 Å². The van der Waals surface area contributed by atoms with E-state index in [1.165, 1.54) is 0 Å². The molecule has 1 amide bonds. The van der Waals surface area contributed by atoms with Crippen molar-refractivity contribution in [3.8, 4) is 0 Å². The molecule has 3 rings (SSSR count). The van der Waals surface area contributed by atoms with Crippen molar-refractivity contribution in [2.24, 2.45) is 4.99 Å². The number of esters is 1. The van der Waals surface area contributed by atoms with Crippen molar-refractivity contribution >= 4 is 40.6 Å². The Morgan fingerprint density at radius 3 is 2.76 bits per heavy atom. The summed E-state index contributed by atoms with van der Waals surface area (Å²) in [5.74, 6) is 0.296. The van der Waals surface area contributed by atoms with Crippen LogP contribution in [0.3, 0.4) is 0 Å². The lowest BCUT2D eigenvalue weighted by Crippen LogP contribution is -2.45. The molecule has 132 valence electrons. The van der Waals surface area contributed by atoms with Crippen LogP contribution in [-0.4, -0.2) is 40.6 Å². The zero-order valence-electron chi connectivity index (χ0n) is 14.4. The van der Waals surface area contributed by atoms with Crippen molar-refractivity contribution in [1.82, 2.24) is 4.90 Å². The number of benzene rings is 1. The number of thioether (sulfide) groups is 2. The molecule has 5 nitrogen and oxygen atoms in total. The number of carbonyl (C=O) groups excluding carboxylic acids is 2. The van der Waals surface area contributed by atoms with Crippen molar-refractivity contribution in [3.63, 3.8) is 0 Å². The van der Waals surface area contributed by atoms with Crippen LogP contribution < -0.4 is 0 Å². The van der Waals surface area contributed by atoms with E-state index in [9.17, 15) is 9.59 Å². The summed E-state index contributed by atoms with van der Waals surface area (Å²) in [6.45, 7) is 3.86. The van der Waals surface area contributed by atoms with Gasteiger partial charge in [0.1, 0.15) is 0 Å². The van der Waals surface area contributed by atoms with Crippen molar-refractivity contribution < 1.29 is 14.3 Å². The number of amidine groups is 1. The summed E-state index contributed by atoms with van der Waals surface area (Å²) in [5.41, 5.74) is 1.95. The Hall–Kier alpha value is -1.73. The summed E-state index contributed by atoms with van der Waals surface area (Å²) in [6.07, 6.45) is 2.46. The normalized spacial score (nSPS) is 20.3. The number of allylic oxidation sites excluding steroid dienone is 1. The molecule has 2 aliphatic heterocycles. The second-order valence-electron chi connectivity index (χ2n) is 5.65. The molecule has 0 bridgehead atoms. The number of hydrogen-bond acceptors (Lipinski definition) is 6. The monoisotopic (exact) mass is 376 g/mol. The maximum atomic E-state index is 12.6. The first-order chi connectivity index (χ1) is 12.1. The molecule has 0 saturated carbocycles. The van der Waals surface area contributed by atoms with Crippen LogP contribution in [-0.2, 0) is 14.3 Å². The largest absolute Gasteiger partial charge is 0.463 e. The van der Waals surface area contributed by atoms with Crippen LogP contribution in [0.15, 0.2) is 45.4 Å². The number of rotatable bonds is 4. The van der Waals surface area contributed by atoms with Crippen molar-refractivity contribution in [3.05, 3.63) is 41.1 Å². The van der Waals surface area contributed by atoms with Gasteiger partial charge in [0.2, 0.25) is 5.91 Å². The van der Waals surface area contributed by atoms with Gasteiger partial charge in [-0.05, 0) is 37.8 Å². The van der Waals surface area contributed by atoms with Gasteiger partial charge in [-0.1, -0.05) is 23.9 Å². The van der Waals surface area contributed by atoms with Crippen LogP contribution in [0, 0.1) is 0 Å². The standard InChI is InChI=1S/C18H20N2O3S2/c1-4-23-17(22)15-11(2)19-18-20(14(21)9-10-25-18)16(15)12-5-7-13(24-3)8-6-12/h5-8,16H,4,9-10H2,1-3H3/t16-/m0/s1. The summed E-state index contributed by atoms with van der Waals surface area (Å²) in [5, 5.41) is 0.667. The summed E-state index contributed by atoms with van der Waals surface area (Å²) in [6, 6.07) is 7.47. The Morgan fingerprint density at radius 1 is 1.40 bits per heavy atom. The van der Waals surface area contributed by atoms with Gasteiger partial charge in [0.25, 0.3) is 0 Å². The van der Waals surface area contributed by atoms with E-state index in [1.54, 1.807) is 42.3 Å². The molecular weight excluding hydrogens is 356 g/mol. The average Bonchev–Trinajstić information content (AvgIpc) is 2.61. The van der Waals surface area contributed by atoms with Gasteiger partial charge in [0.15, 0.2) is 5.17 Å². The molecule has 1 aromatic carbocycles. The number of nitrogens with zero attached hydrogens (tertiary/aromatic N) is 2. The van der Waals surface area contributed by atoms with Crippen LogP contribution in [0.4, 0.5) is 0 Å². The fourth-order valence-electron chi connectivity index (χ4n) is 2.97. The maximum Gasteiger partial charge on any atom is 0.338 e. The minimum absolute atomic E-state index is 0.00857. The topological polar surface area (TPSA) is 59.0 Å². The molecule has 2 heterocycles. The van der Waals surface area contributed by atoms with Crippen LogP contribution in [0.1, 0.15) is 31.9 Å². The summed E-state index contributed by atoms with van der Waals surface area (Å²) in [4.78, 5) is 32.5. The number of aliphatic imine (C=N–C) groups is 1. The molecule has 0 aliphatic carbocycles. The molecule has 2 aliphatic rings. The molecular formula is C18H20N2O3S2. The number of fused-ring (bicyclic) bond motifs is 1. The fraction of sp³-hybridized carbons (Fsp3) is 0.389. The molecule has 1 atom stereocenters. The minimum atomic E-state index is -0.484. The summed E-state index contributed by atoms with van der Waals surface area (Å²) < 4.78 is 5.25. The van der Waals surface area contributed by atoms with E-state index in [0.717, 1.165) is 10.5 Å². The van der Waals surface area contributed by atoms with Gasteiger partial charge in [0, 0.05) is 17.1 Å². The van der Waals surface area contributed by atoms with Gasteiger partial charge in [-0.15, -0.1) is 11.8 Å². The number of carbonyl (C=O) groups is 2. The third-order valence-corrected chi connectivity index (χ3v) is 5.83. The van der Waals surface area contributed by atoms with Gasteiger partial charge < -0.3 is 4.74 Å². The SMILES string of the molecule is CCOC(=O)C1=C(C)N=C2SCCC(=O)N2[C@H]1c1ccc(SC)cc1. The van der Waals surface area contributed by atoms with E-state index in [4.69, 9.17) is 4.74 Å². The second kappa shape index (κ2) is 7.66. The lowest BCUT2D eigenvalue weighted by atomic mass is 9.94. The number of hydrogen-bond donors (Lipinski definition) is 0. The summed E-state index contributed by atoms with van der Waals surface area (Å²) >= 11 is 3.20. The van der Waals surface area contributed by atoms with Crippen LogP contribution in [0.25, 0.3) is 0 Å². The molecule has 1 fully saturated rings. The minimum Gasteiger partial charge on any atom is -0.463 e. The molecule has 1 saturated heterocycles. The number of amides is 1. The van der Waals surface area contributed by atoms with Crippen LogP contribution in [0.5, 0.6) is 0 Å².